The van der Waals surface area contributed by atoms with Gasteiger partial charge >= 0.3 is 6.18 Å². The van der Waals surface area contributed by atoms with Crippen molar-refractivity contribution >= 4 is 29.3 Å². The predicted octanol–water partition coefficient (Wildman–Crippen LogP) is 3.86. The van der Waals surface area contributed by atoms with E-state index in [4.69, 9.17) is 0 Å². The molecule has 1 aliphatic heterocycles. The number of allylic oxidation sites excluding steroid dienone is 2. The lowest BCUT2D eigenvalue weighted by atomic mass is 9.85. The van der Waals surface area contributed by atoms with E-state index in [2.05, 4.69) is 5.32 Å². The maximum atomic E-state index is 13.5. The summed E-state index contributed by atoms with van der Waals surface area (Å²) in [5.41, 5.74) is -1.40. The van der Waals surface area contributed by atoms with E-state index in [9.17, 15) is 32.3 Å². The summed E-state index contributed by atoms with van der Waals surface area (Å²) in [6.45, 7) is 4.90. The molecule has 1 fully saturated rings. The number of carbonyl (C=O) groups excluding carboxylic acids is 4. The molecular formula is C25H30F3N3O4. The molecule has 0 bridgehead atoms. The molecule has 35 heavy (non-hydrogen) atoms. The number of likely N-dealkylation sites (tertiary alicyclic amines) is 1. The van der Waals surface area contributed by atoms with E-state index in [-0.39, 0.29) is 30.7 Å². The van der Waals surface area contributed by atoms with E-state index in [0.29, 0.717) is 12.8 Å². The molecule has 1 aliphatic carbocycles. The number of alkyl halides is 3. The lowest BCUT2D eigenvalue weighted by Gasteiger charge is -2.32. The molecule has 190 valence electrons. The maximum absolute atomic E-state index is 13.5. The van der Waals surface area contributed by atoms with Crippen LogP contribution in [0, 0.1) is 17.8 Å². The molecule has 2 aliphatic rings. The molecule has 7 nitrogen and oxygen atoms in total. The topological polar surface area (TPSA) is 86.8 Å². The predicted molar refractivity (Wildman–Crippen MR) is 123 cm³/mol. The van der Waals surface area contributed by atoms with E-state index in [1.165, 1.54) is 17.0 Å². The second-order valence-electron chi connectivity index (χ2n) is 9.29. The lowest BCUT2D eigenvalue weighted by Crippen LogP contribution is -2.53. The molecule has 0 saturated carbocycles. The summed E-state index contributed by atoms with van der Waals surface area (Å²) in [7, 11) is 0. The van der Waals surface area contributed by atoms with Crippen molar-refractivity contribution in [3.05, 3.63) is 42.0 Å². The fraction of sp³-hybridized carbons (Fsp3) is 0.520. The van der Waals surface area contributed by atoms with Crippen LogP contribution in [0.1, 0.15) is 45.6 Å². The van der Waals surface area contributed by atoms with Crippen LogP contribution in [-0.4, -0.2) is 52.6 Å². The normalized spacial score (nSPS) is 20.7. The first kappa shape index (κ1) is 26.4. The third kappa shape index (κ3) is 5.74. The number of rotatable bonds is 8. The number of halogens is 3. The third-order valence-electron chi connectivity index (χ3n) is 6.37. The molecule has 1 aromatic carbocycles. The average Bonchev–Trinajstić information content (AvgIpc) is 3.05. The lowest BCUT2D eigenvalue weighted by molar-refractivity contribution is -0.152. The van der Waals surface area contributed by atoms with Gasteiger partial charge in [-0.2, -0.15) is 13.2 Å². The number of fused-ring (bicyclic) bond motifs is 1. The minimum absolute atomic E-state index is 0.0310. The van der Waals surface area contributed by atoms with E-state index < -0.39 is 53.7 Å². The fourth-order valence-corrected chi connectivity index (χ4v) is 4.66. The number of carbonyl (C=O) groups is 4. The molecule has 3 rings (SSSR count). The number of amides is 4. The minimum Gasteiger partial charge on any atom is -0.332 e. The number of nitrogens with zero attached hydrogens (tertiary/aromatic N) is 2. The van der Waals surface area contributed by atoms with Gasteiger partial charge in [-0.3, -0.25) is 24.1 Å². The maximum Gasteiger partial charge on any atom is 0.418 e. The zero-order valence-corrected chi connectivity index (χ0v) is 20.0. The first-order chi connectivity index (χ1) is 16.5. The Labute approximate surface area is 202 Å². The molecule has 1 N–H and O–H groups in total. The van der Waals surface area contributed by atoms with Crippen molar-refractivity contribution in [1.29, 1.82) is 0 Å². The van der Waals surface area contributed by atoms with Crippen LogP contribution in [0.4, 0.5) is 18.9 Å². The Bertz CT molecular complexity index is 995. The minimum atomic E-state index is -4.66. The van der Waals surface area contributed by atoms with Gasteiger partial charge in [-0.15, -0.1) is 0 Å². The summed E-state index contributed by atoms with van der Waals surface area (Å²) >= 11 is 0. The summed E-state index contributed by atoms with van der Waals surface area (Å²) in [6, 6.07) is 3.50. The molecule has 1 heterocycles. The molecule has 1 saturated heterocycles. The quantitative estimate of drug-likeness (QED) is 0.440. The van der Waals surface area contributed by atoms with Crippen LogP contribution in [-0.2, 0) is 25.4 Å². The van der Waals surface area contributed by atoms with Gasteiger partial charge in [-0.1, -0.05) is 38.1 Å². The zero-order chi connectivity index (χ0) is 25.9. The van der Waals surface area contributed by atoms with Crippen LogP contribution < -0.4 is 5.32 Å². The third-order valence-corrected chi connectivity index (χ3v) is 6.37. The van der Waals surface area contributed by atoms with Gasteiger partial charge in [-0.25, -0.2) is 0 Å². The van der Waals surface area contributed by atoms with Crippen LogP contribution in [0.25, 0.3) is 0 Å². The first-order valence-corrected chi connectivity index (χ1v) is 11.7. The number of likely N-dealkylation sites (N-methyl/N-ethyl adjacent to an activating group) is 1. The van der Waals surface area contributed by atoms with Gasteiger partial charge in [0, 0.05) is 6.54 Å². The van der Waals surface area contributed by atoms with Crippen molar-refractivity contribution in [2.75, 3.05) is 18.4 Å². The standard InChI is InChI=1S/C25H30F3N3O4/c1-4-30(14-21(32)29-19-12-8-7-11-18(19)25(26,27)28)24(35)20(13-15(2)3)31-22(33)16-9-5-6-10-17(16)23(31)34/h5-8,11-12,15-17,20H,4,9-10,13-14H2,1-3H3,(H,29,32). The Morgan fingerprint density at radius 2 is 1.66 bits per heavy atom. The van der Waals surface area contributed by atoms with Crippen molar-refractivity contribution < 1.29 is 32.3 Å². The zero-order valence-electron chi connectivity index (χ0n) is 20.0. The van der Waals surface area contributed by atoms with Crippen molar-refractivity contribution in [3.63, 3.8) is 0 Å². The summed E-state index contributed by atoms with van der Waals surface area (Å²) in [5, 5.41) is 2.24. The van der Waals surface area contributed by atoms with Gasteiger partial charge in [0.15, 0.2) is 0 Å². The Hall–Kier alpha value is -3.17. The molecule has 0 radical (unpaired) electrons. The molecule has 10 heteroatoms. The van der Waals surface area contributed by atoms with Crippen molar-refractivity contribution in [2.45, 2.75) is 52.3 Å². The van der Waals surface area contributed by atoms with Gasteiger partial charge in [-0.05, 0) is 44.2 Å². The Balaban J connectivity index is 1.79. The largest absolute Gasteiger partial charge is 0.418 e. The van der Waals surface area contributed by atoms with E-state index in [1.807, 2.05) is 26.0 Å². The summed E-state index contributed by atoms with van der Waals surface area (Å²) in [4.78, 5) is 54.6. The van der Waals surface area contributed by atoms with Gasteiger partial charge in [0.05, 0.1) is 29.6 Å². The van der Waals surface area contributed by atoms with Gasteiger partial charge in [0.2, 0.25) is 23.6 Å². The van der Waals surface area contributed by atoms with Crippen LogP contribution in [0.15, 0.2) is 36.4 Å². The molecule has 1 aromatic rings. The van der Waals surface area contributed by atoms with Gasteiger partial charge in [0.25, 0.3) is 0 Å². The Morgan fingerprint density at radius 3 is 2.17 bits per heavy atom. The second-order valence-corrected chi connectivity index (χ2v) is 9.29. The van der Waals surface area contributed by atoms with E-state index in [1.54, 1.807) is 6.92 Å². The number of nitrogens with one attached hydrogen (secondary N) is 1. The monoisotopic (exact) mass is 493 g/mol. The highest BCUT2D eigenvalue weighted by Gasteiger charge is 2.51. The number of hydrogen-bond acceptors (Lipinski definition) is 4. The number of para-hydroxylation sites is 1. The second kappa shape index (κ2) is 10.6. The average molecular weight is 494 g/mol. The summed E-state index contributed by atoms with van der Waals surface area (Å²) < 4.78 is 39.8. The van der Waals surface area contributed by atoms with Gasteiger partial charge in [0.1, 0.15) is 6.04 Å². The first-order valence-electron chi connectivity index (χ1n) is 11.7. The van der Waals surface area contributed by atoms with Crippen LogP contribution >= 0.6 is 0 Å². The highest BCUT2D eigenvalue weighted by Crippen LogP contribution is 2.37. The van der Waals surface area contributed by atoms with Crippen LogP contribution in [0.2, 0.25) is 0 Å². The number of benzene rings is 1. The molecule has 3 unspecified atom stereocenters. The number of anilines is 1. The van der Waals surface area contributed by atoms with Gasteiger partial charge < -0.3 is 10.2 Å². The van der Waals surface area contributed by atoms with Crippen molar-refractivity contribution in [2.24, 2.45) is 17.8 Å². The molecular weight excluding hydrogens is 463 g/mol. The highest BCUT2D eigenvalue weighted by atomic mass is 19.4. The van der Waals surface area contributed by atoms with Crippen LogP contribution in [0.5, 0.6) is 0 Å². The van der Waals surface area contributed by atoms with Crippen molar-refractivity contribution in [3.8, 4) is 0 Å². The van der Waals surface area contributed by atoms with Crippen molar-refractivity contribution in [1.82, 2.24) is 9.80 Å². The molecule has 3 atom stereocenters. The number of imide groups is 1. The Morgan fingerprint density at radius 1 is 1.09 bits per heavy atom. The van der Waals surface area contributed by atoms with E-state index in [0.717, 1.165) is 17.0 Å². The Kier molecular flexibility index (Phi) is 8.02. The van der Waals surface area contributed by atoms with Crippen LogP contribution in [0.3, 0.4) is 0 Å². The summed E-state index contributed by atoms with van der Waals surface area (Å²) in [5.74, 6) is -3.17. The molecule has 0 spiro atoms. The highest BCUT2D eigenvalue weighted by molar-refractivity contribution is 6.09. The van der Waals surface area contributed by atoms with E-state index >= 15 is 0 Å². The smallest absolute Gasteiger partial charge is 0.332 e. The molecule has 0 aromatic heterocycles. The summed E-state index contributed by atoms with van der Waals surface area (Å²) in [6.07, 6.45) is 0.152. The number of hydrogen-bond donors (Lipinski definition) is 1. The SMILES string of the molecule is CCN(CC(=O)Nc1ccccc1C(F)(F)F)C(=O)C(CC(C)C)N1C(=O)C2CC=CCC2C1=O. The molecule has 4 amide bonds. The fourth-order valence-electron chi connectivity index (χ4n) is 4.66.